The quantitative estimate of drug-likeness (QED) is 0.922. The van der Waals surface area contributed by atoms with Crippen LogP contribution in [0.1, 0.15) is 39.4 Å². The van der Waals surface area contributed by atoms with E-state index in [0.717, 1.165) is 23.5 Å². The van der Waals surface area contributed by atoms with Gasteiger partial charge in [0.15, 0.2) is 0 Å². The molecule has 0 aromatic carbocycles. The Bertz CT molecular complexity index is 542. The molecule has 0 radical (unpaired) electrons. The Balaban J connectivity index is 1.70. The van der Waals surface area contributed by atoms with E-state index in [-0.39, 0.29) is 5.91 Å². The lowest BCUT2D eigenvalue weighted by molar-refractivity contribution is 0.0951. The number of fused-ring (bicyclic) bond motifs is 1. The third kappa shape index (κ3) is 2.20. The number of thiophene rings is 1. The zero-order chi connectivity index (χ0) is 12.4. The molecule has 0 spiro atoms. The third-order valence-electron chi connectivity index (χ3n) is 3.31. The Morgan fingerprint density at radius 1 is 1.39 bits per heavy atom. The predicted molar refractivity (Wildman–Crippen MR) is 70.8 cm³/mol. The van der Waals surface area contributed by atoms with Crippen LogP contribution in [0.2, 0.25) is 0 Å². The van der Waals surface area contributed by atoms with Crippen molar-refractivity contribution in [3.8, 4) is 0 Å². The van der Waals surface area contributed by atoms with Crippen molar-refractivity contribution < 1.29 is 9.21 Å². The molecule has 2 aromatic rings. The van der Waals surface area contributed by atoms with Gasteiger partial charge < -0.3 is 9.73 Å². The fraction of sp³-hybridized carbons (Fsp3) is 0.357. The maximum atomic E-state index is 12.1. The van der Waals surface area contributed by atoms with Crippen molar-refractivity contribution in [2.45, 2.75) is 32.2 Å². The minimum absolute atomic E-state index is 0.0274. The molecular formula is C14H15NO2S. The van der Waals surface area contributed by atoms with Gasteiger partial charge in [-0.3, -0.25) is 4.79 Å². The fourth-order valence-electron chi connectivity index (χ4n) is 2.37. The Morgan fingerprint density at radius 2 is 2.28 bits per heavy atom. The minimum Gasteiger partial charge on any atom is -0.467 e. The van der Waals surface area contributed by atoms with Gasteiger partial charge in [0.2, 0.25) is 0 Å². The summed E-state index contributed by atoms with van der Waals surface area (Å²) in [5.74, 6) is 0.813. The van der Waals surface area contributed by atoms with E-state index in [9.17, 15) is 4.79 Å². The Kier molecular flexibility index (Phi) is 3.19. The molecule has 0 atom stereocenters. The van der Waals surface area contributed by atoms with Crippen molar-refractivity contribution >= 4 is 17.2 Å². The number of carbonyl (C=O) groups is 1. The molecule has 18 heavy (non-hydrogen) atoms. The van der Waals surface area contributed by atoms with Crippen molar-refractivity contribution in [1.82, 2.24) is 5.32 Å². The van der Waals surface area contributed by atoms with Crippen LogP contribution >= 0.6 is 11.3 Å². The van der Waals surface area contributed by atoms with Gasteiger partial charge in [-0.15, -0.1) is 11.3 Å². The second-order valence-electron chi connectivity index (χ2n) is 4.54. The summed E-state index contributed by atoms with van der Waals surface area (Å²) in [6, 6.07) is 3.69. The largest absolute Gasteiger partial charge is 0.467 e. The standard InChI is InChI=1S/C14H15NO2S/c16-14(15-8-11-5-3-7-17-11)13-12-6-2-1-4-10(12)9-18-13/h3,5,7,9H,1-2,4,6,8H2,(H,15,16). The highest BCUT2D eigenvalue weighted by molar-refractivity contribution is 7.12. The SMILES string of the molecule is O=C(NCc1ccco1)c1scc2c1CCCC2. The number of hydrogen-bond donors (Lipinski definition) is 1. The van der Waals surface area contributed by atoms with E-state index in [4.69, 9.17) is 4.42 Å². The summed E-state index contributed by atoms with van der Waals surface area (Å²) < 4.78 is 5.20. The average molecular weight is 261 g/mol. The van der Waals surface area contributed by atoms with Crippen LogP contribution in [0, 0.1) is 0 Å². The lowest BCUT2D eigenvalue weighted by Crippen LogP contribution is -2.23. The summed E-state index contributed by atoms with van der Waals surface area (Å²) in [7, 11) is 0. The molecule has 0 fully saturated rings. The van der Waals surface area contributed by atoms with Crippen LogP contribution in [0.5, 0.6) is 0 Å². The highest BCUT2D eigenvalue weighted by Gasteiger charge is 2.20. The first kappa shape index (κ1) is 11.5. The minimum atomic E-state index is 0.0274. The number of furan rings is 1. The first-order chi connectivity index (χ1) is 8.84. The van der Waals surface area contributed by atoms with Crippen molar-refractivity contribution in [2.75, 3.05) is 0 Å². The van der Waals surface area contributed by atoms with Gasteiger partial charge in [-0.1, -0.05) is 0 Å². The van der Waals surface area contributed by atoms with Crippen molar-refractivity contribution in [2.24, 2.45) is 0 Å². The van der Waals surface area contributed by atoms with E-state index in [2.05, 4.69) is 10.7 Å². The molecule has 0 saturated heterocycles. The lowest BCUT2D eigenvalue weighted by Gasteiger charge is -2.12. The highest BCUT2D eigenvalue weighted by atomic mass is 32.1. The summed E-state index contributed by atoms with van der Waals surface area (Å²) >= 11 is 1.57. The Morgan fingerprint density at radius 3 is 3.11 bits per heavy atom. The van der Waals surface area contributed by atoms with Gasteiger partial charge in [0.1, 0.15) is 5.76 Å². The molecule has 3 nitrogen and oxygen atoms in total. The van der Waals surface area contributed by atoms with Gasteiger partial charge in [0.25, 0.3) is 5.91 Å². The highest BCUT2D eigenvalue weighted by Crippen LogP contribution is 2.29. The molecule has 0 aliphatic heterocycles. The van der Waals surface area contributed by atoms with Gasteiger partial charge in [-0.2, -0.15) is 0 Å². The number of nitrogens with one attached hydrogen (secondary N) is 1. The van der Waals surface area contributed by atoms with Crippen LogP contribution in [0.3, 0.4) is 0 Å². The topological polar surface area (TPSA) is 42.2 Å². The summed E-state index contributed by atoms with van der Waals surface area (Å²) in [4.78, 5) is 13.0. The van der Waals surface area contributed by atoms with Crippen LogP contribution in [0.4, 0.5) is 0 Å². The molecule has 0 saturated carbocycles. The summed E-state index contributed by atoms with van der Waals surface area (Å²) in [6.07, 6.45) is 6.23. The molecule has 0 bridgehead atoms. The molecular weight excluding hydrogens is 246 g/mol. The van der Waals surface area contributed by atoms with Gasteiger partial charge in [-0.05, 0) is 54.3 Å². The van der Waals surface area contributed by atoms with Crippen molar-refractivity contribution in [3.63, 3.8) is 0 Å². The van der Waals surface area contributed by atoms with Crippen LogP contribution in [-0.4, -0.2) is 5.91 Å². The van der Waals surface area contributed by atoms with Crippen molar-refractivity contribution in [1.29, 1.82) is 0 Å². The summed E-state index contributed by atoms with van der Waals surface area (Å²) in [5.41, 5.74) is 2.64. The molecule has 94 valence electrons. The molecule has 2 heterocycles. The van der Waals surface area contributed by atoms with E-state index in [1.165, 1.54) is 24.0 Å². The zero-order valence-corrected chi connectivity index (χ0v) is 10.9. The normalized spacial score (nSPS) is 14.2. The van der Waals surface area contributed by atoms with Gasteiger partial charge in [0.05, 0.1) is 17.7 Å². The van der Waals surface area contributed by atoms with Crippen molar-refractivity contribution in [3.05, 3.63) is 45.5 Å². The number of rotatable bonds is 3. The second-order valence-corrected chi connectivity index (χ2v) is 5.42. The smallest absolute Gasteiger partial charge is 0.262 e. The molecule has 1 amide bonds. The molecule has 4 heteroatoms. The Hall–Kier alpha value is -1.55. The zero-order valence-electron chi connectivity index (χ0n) is 10.1. The molecule has 1 aliphatic carbocycles. The van der Waals surface area contributed by atoms with Gasteiger partial charge >= 0.3 is 0 Å². The average Bonchev–Trinajstić information content (AvgIpc) is 3.05. The van der Waals surface area contributed by atoms with E-state index in [1.807, 2.05) is 12.1 Å². The maximum absolute atomic E-state index is 12.1. The molecule has 0 unspecified atom stereocenters. The monoisotopic (exact) mass is 261 g/mol. The molecule has 1 N–H and O–H groups in total. The van der Waals surface area contributed by atoms with Crippen LogP contribution in [0.25, 0.3) is 0 Å². The number of aryl methyl sites for hydroxylation is 1. The van der Waals surface area contributed by atoms with Crippen LogP contribution in [0.15, 0.2) is 28.2 Å². The van der Waals surface area contributed by atoms with Gasteiger partial charge in [0, 0.05) is 0 Å². The number of amides is 1. The van der Waals surface area contributed by atoms with Gasteiger partial charge in [-0.25, -0.2) is 0 Å². The summed E-state index contributed by atoms with van der Waals surface area (Å²) in [5, 5.41) is 5.05. The number of carbonyl (C=O) groups excluding carboxylic acids is 1. The van der Waals surface area contributed by atoms with Crippen LogP contribution in [-0.2, 0) is 19.4 Å². The van der Waals surface area contributed by atoms with E-state index in [1.54, 1.807) is 17.6 Å². The Labute approximate surface area is 110 Å². The van der Waals surface area contributed by atoms with E-state index in [0.29, 0.717) is 6.54 Å². The lowest BCUT2D eigenvalue weighted by atomic mass is 9.94. The van der Waals surface area contributed by atoms with E-state index < -0.39 is 0 Å². The predicted octanol–water partition coefficient (Wildman–Crippen LogP) is 3.15. The summed E-state index contributed by atoms with van der Waals surface area (Å²) in [6.45, 7) is 0.457. The number of hydrogen-bond acceptors (Lipinski definition) is 3. The molecule has 2 aromatic heterocycles. The molecule has 3 rings (SSSR count). The first-order valence-corrected chi connectivity index (χ1v) is 7.12. The fourth-order valence-corrected chi connectivity index (χ4v) is 3.45. The van der Waals surface area contributed by atoms with Crippen LogP contribution < -0.4 is 5.32 Å². The third-order valence-corrected chi connectivity index (χ3v) is 4.38. The maximum Gasteiger partial charge on any atom is 0.262 e. The first-order valence-electron chi connectivity index (χ1n) is 6.24. The van der Waals surface area contributed by atoms with E-state index >= 15 is 0 Å². The second kappa shape index (κ2) is 4.98. The molecule has 1 aliphatic rings.